The van der Waals surface area contributed by atoms with Crippen molar-refractivity contribution in [3.8, 4) is 0 Å². The second-order valence-corrected chi connectivity index (χ2v) is 6.01. The Morgan fingerprint density at radius 1 is 1.38 bits per heavy atom. The van der Waals surface area contributed by atoms with Gasteiger partial charge in [0.25, 0.3) is 0 Å². The van der Waals surface area contributed by atoms with Gasteiger partial charge in [-0.25, -0.2) is 9.78 Å². The Balaban J connectivity index is 2.34. The van der Waals surface area contributed by atoms with E-state index >= 15 is 0 Å². The number of rotatable bonds is 6. The smallest absolute Gasteiger partial charge is 0.339 e. The maximum absolute atomic E-state index is 11.5. The standard InChI is InChI=1S/C16H24N2O3/c1-10(2)13(7-8-19)17-15-12(16(20)21)9-11-5-3-4-6-14(11)18-15/h9-10,13,19H,3-8H2,1-2H3,(H,17,18)(H,20,21). The largest absolute Gasteiger partial charge is 0.478 e. The number of nitrogens with zero attached hydrogens (tertiary/aromatic N) is 1. The highest BCUT2D eigenvalue weighted by Gasteiger charge is 2.21. The van der Waals surface area contributed by atoms with Crippen LogP contribution in [-0.2, 0) is 12.8 Å². The van der Waals surface area contributed by atoms with E-state index in [9.17, 15) is 9.90 Å². The van der Waals surface area contributed by atoms with Crippen LogP contribution in [0.2, 0.25) is 0 Å². The number of hydrogen-bond donors (Lipinski definition) is 3. The Morgan fingerprint density at radius 3 is 2.71 bits per heavy atom. The highest BCUT2D eigenvalue weighted by atomic mass is 16.4. The Hall–Kier alpha value is -1.62. The van der Waals surface area contributed by atoms with Crippen LogP contribution in [0.3, 0.4) is 0 Å². The number of carbonyl (C=O) groups is 1. The fourth-order valence-electron chi connectivity index (χ4n) is 2.79. The number of nitrogens with one attached hydrogen (secondary N) is 1. The third-order valence-corrected chi connectivity index (χ3v) is 4.10. The van der Waals surface area contributed by atoms with Crippen molar-refractivity contribution in [1.29, 1.82) is 0 Å². The molecular weight excluding hydrogens is 268 g/mol. The predicted molar refractivity (Wildman–Crippen MR) is 81.8 cm³/mol. The maximum atomic E-state index is 11.5. The molecule has 1 aromatic rings. The lowest BCUT2D eigenvalue weighted by Gasteiger charge is -2.25. The molecule has 2 rings (SSSR count). The molecule has 1 aromatic heterocycles. The van der Waals surface area contributed by atoms with Gasteiger partial charge in [0.1, 0.15) is 11.4 Å². The number of carboxylic acids is 1. The summed E-state index contributed by atoms with van der Waals surface area (Å²) in [6, 6.07) is 1.78. The van der Waals surface area contributed by atoms with Gasteiger partial charge in [0.15, 0.2) is 0 Å². The molecule has 0 aliphatic heterocycles. The van der Waals surface area contributed by atoms with Crippen LogP contribution >= 0.6 is 0 Å². The van der Waals surface area contributed by atoms with Gasteiger partial charge < -0.3 is 15.5 Å². The summed E-state index contributed by atoms with van der Waals surface area (Å²) in [5.74, 6) is -0.225. The van der Waals surface area contributed by atoms with Gasteiger partial charge in [-0.05, 0) is 49.7 Å². The summed E-state index contributed by atoms with van der Waals surface area (Å²) in [6.45, 7) is 4.17. The SMILES string of the molecule is CC(C)C(CCO)Nc1nc2c(cc1C(=O)O)CCCC2. The van der Waals surface area contributed by atoms with Gasteiger partial charge >= 0.3 is 5.97 Å². The fourth-order valence-corrected chi connectivity index (χ4v) is 2.79. The normalized spacial score (nSPS) is 15.6. The molecule has 0 aromatic carbocycles. The van der Waals surface area contributed by atoms with E-state index in [1.165, 1.54) is 0 Å². The highest BCUT2D eigenvalue weighted by molar-refractivity contribution is 5.93. The minimum Gasteiger partial charge on any atom is -0.478 e. The molecule has 0 saturated heterocycles. The molecule has 5 nitrogen and oxygen atoms in total. The number of fused-ring (bicyclic) bond motifs is 1. The van der Waals surface area contributed by atoms with Gasteiger partial charge in [0.05, 0.1) is 0 Å². The zero-order valence-electron chi connectivity index (χ0n) is 12.7. The van der Waals surface area contributed by atoms with Crippen LogP contribution in [0.15, 0.2) is 6.07 Å². The first kappa shape index (κ1) is 15.8. The Bertz CT molecular complexity index is 514. The summed E-state index contributed by atoms with van der Waals surface area (Å²) in [6.07, 6.45) is 4.61. The maximum Gasteiger partial charge on any atom is 0.339 e. The van der Waals surface area contributed by atoms with E-state index in [1.54, 1.807) is 6.07 Å². The average molecular weight is 292 g/mol. The zero-order chi connectivity index (χ0) is 15.4. The van der Waals surface area contributed by atoms with Crippen molar-refractivity contribution in [2.75, 3.05) is 11.9 Å². The first-order valence-electron chi connectivity index (χ1n) is 7.66. The molecule has 21 heavy (non-hydrogen) atoms. The zero-order valence-corrected chi connectivity index (χ0v) is 12.7. The quantitative estimate of drug-likeness (QED) is 0.750. The number of aliphatic hydroxyl groups excluding tert-OH is 1. The van der Waals surface area contributed by atoms with Gasteiger partial charge in [-0.15, -0.1) is 0 Å². The van der Waals surface area contributed by atoms with E-state index in [0.717, 1.165) is 36.9 Å². The molecule has 1 unspecified atom stereocenters. The third kappa shape index (κ3) is 3.73. The highest BCUT2D eigenvalue weighted by Crippen LogP contribution is 2.26. The van der Waals surface area contributed by atoms with Gasteiger partial charge in [-0.1, -0.05) is 13.8 Å². The molecule has 5 heteroatoms. The van der Waals surface area contributed by atoms with E-state index < -0.39 is 5.97 Å². The average Bonchev–Trinajstić information content (AvgIpc) is 2.45. The van der Waals surface area contributed by atoms with Crippen molar-refractivity contribution in [1.82, 2.24) is 4.98 Å². The van der Waals surface area contributed by atoms with Crippen LogP contribution < -0.4 is 5.32 Å². The number of aryl methyl sites for hydroxylation is 2. The van der Waals surface area contributed by atoms with Crippen molar-refractivity contribution in [2.45, 2.75) is 52.0 Å². The number of hydrogen-bond acceptors (Lipinski definition) is 4. The van der Waals surface area contributed by atoms with Gasteiger partial charge in [-0.2, -0.15) is 0 Å². The first-order chi connectivity index (χ1) is 10.0. The Kier molecular flexibility index (Phi) is 5.17. The topological polar surface area (TPSA) is 82.5 Å². The van der Waals surface area contributed by atoms with Crippen molar-refractivity contribution in [3.05, 3.63) is 22.9 Å². The number of carboxylic acid groups (broad SMARTS) is 1. The summed E-state index contributed by atoms with van der Waals surface area (Å²) in [4.78, 5) is 16.1. The van der Waals surface area contributed by atoms with Crippen molar-refractivity contribution in [2.24, 2.45) is 5.92 Å². The lowest BCUT2D eigenvalue weighted by atomic mass is 9.94. The molecule has 0 amide bonds. The van der Waals surface area contributed by atoms with Crippen molar-refractivity contribution >= 4 is 11.8 Å². The molecule has 1 aliphatic carbocycles. The summed E-state index contributed by atoms with van der Waals surface area (Å²) in [5, 5.41) is 21.8. The number of anilines is 1. The lowest BCUT2D eigenvalue weighted by Crippen LogP contribution is -2.29. The van der Waals surface area contributed by atoms with E-state index in [4.69, 9.17) is 5.11 Å². The molecule has 0 fully saturated rings. The van der Waals surface area contributed by atoms with Crippen molar-refractivity contribution in [3.63, 3.8) is 0 Å². The number of pyridine rings is 1. The molecule has 0 saturated carbocycles. The molecule has 0 radical (unpaired) electrons. The summed E-state index contributed by atoms with van der Waals surface area (Å²) >= 11 is 0. The van der Waals surface area contributed by atoms with Gasteiger partial charge in [-0.3, -0.25) is 0 Å². The molecular formula is C16H24N2O3. The second-order valence-electron chi connectivity index (χ2n) is 6.01. The summed E-state index contributed by atoms with van der Waals surface area (Å²) < 4.78 is 0. The minimum atomic E-state index is -0.954. The molecule has 1 heterocycles. The summed E-state index contributed by atoms with van der Waals surface area (Å²) in [5.41, 5.74) is 2.31. The van der Waals surface area contributed by atoms with Gasteiger partial charge in [0.2, 0.25) is 0 Å². The fraction of sp³-hybridized carbons (Fsp3) is 0.625. The van der Waals surface area contributed by atoms with E-state index in [0.29, 0.717) is 12.2 Å². The monoisotopic (exact) mass is 292 g/mol. The predicted octanol–water partition coefficient (Wildman–Crippen LogP) is 2.48. The Labute approximate surface area is 125 Å². The molecule has 3 N–H and O–H groups in total. The summed E-state index contributed by atoms with van der Waals surface area (Å²) in [7, 11) is 0. The molecule has 1 aliphatic rings. The third-order valence-electron chi connectivity index (χ3n) is 4.10. The minimum absolute atomic E-state index is 0.0160. The van der Waals surface area contributed by atoms with Crippen LogP contribution in [0.25, 0.3) is 0 Å². The molecule has 0 bridgehead atoms. The molecule has 116 valence electrons. The first-order valence-corrected chi connectivity index (χ1v) is 7.66. The van der Waals surface area contributed by atoms with Crippen LogP contribution in [0.1, 0.15) is 54.7 Å². The number of aromatic nitrogens is 1. The second kappa shape index (κ2) is 6.89. The number of aromatic carboxylic acids is 1. The molecule has 0 spiro atoms. The van der Waals surface area contributed by atoms with E-state index in [-0.39, 0.29) is 24.1 Å². The van der Waals surface area contributed by atoms with Crippen LogP contribution in [-0.4, -0.2) is 33.8 Å². The van der Waals surface area contributed by atoms with Crippen molar-refractivity contribution < 1.29 is 15.0 Å². The molecule has 1 atom stereocenters. The van der Waals surface area contributed by atoms with Crippen LogP contribution in [0, 0.1) is 5.92 Å². The van der Waals surface area contributed by atoms with E-state index in [1.807, 2.05) is 13.8 Å². The lowest BCUT2D eigenvalue weighted by molar-refractivity contribution is 0.0697. The number of aliphatic hydroxyl groups is 1. The Morgan fingerprint density at radius 2 is 2.10 bits per heavy atom. The van der Waals surface area contributed by atoms with E-state index in [2.05, 4.69) is 10.3 Å². The van der Waals surface area contributed by atoms with Crippen LogP contribution in [0.5, 0.6) is 0 Å². The van der Waals surface area contributed by atoms with Crippen LogP contribution in [0.4, 0.5) is 5.82 Å². The van der Waals surface area contributed by atoms with Gasteiger partial charge in [0, 0.05) is 18.3 Å².